The maximum absolute atomic E-state index is 5.49. The van der Waals surface area contributed by atoms with Crippen molar-refractivity contribution in [3.63, 3.8) is 0 Å². The van der Waals surface area contributed by atoms with Crippen LogP contribution in [0, 0.1) is 0 Å². The van der Waals surface area contributed by atoms with E-state index >= 15 is 0 Å². The maximum atomic E-state index is 5.49. The number of fused-ring (bicyclic) bond motifs is 2. The molecule has 5 nitrogen and oxygen atoms in total. The molecule has 0 amide bonds. The van der Waals surface area contributed by atoms with Crippen LogP contribution in [-0.2, 0) is 7.05 Å². The van der Waals surface area contributed by atoms with E-state index in [4.69, 9.17) is 4.52 Å². The lowest BCUT2D eigenvalue weighted by atomic mass is 10.1. The molecule has 0 aliphatic heterocycles. The Bertz CT molecular complexity index is 1220. The molecule has 0 spiro atoms. The van der Waals surface area contributed by atoms with E-state index in [0.29, 0.717) is 11.7 Å². The van der Waals surface area contributed by atoms with Gasteiger partial charge in [-0.05, 0) is 41.1 Å². The molecule has 0 radical (unpaired) electrons. The molecule has 0 N–H and O–H groups in total. The van der Waals surface area contributed by atoms with Crippen LogP contribution in [-0.4, -0.2) is 19.7 Å². The fraction of sp³-hybridized carbons (Fsp3) is 0.0500. The molecule has 120 valence electrons. The van der Waals surface area contributed by atoms with Gasteiger partial charge in [-0.25, -0.2) is 4.98 Å². The van der Waals surface area contributed by atoms with Crippen molar-refractivity contribution >= 4 is 21.8 Å². The van der Waals surface area contributed by atoms with Gasteiger partial charge >= 0.3 is 0 Å². The van der Waals surface area contributed by atoms with Crippen molar-refractivity contribution < 1.29 is 4.52 Å². The lowest BCUT2D eigenvalue weighted by Gasteiger charge is -1.99. The number of hydrogen-bond donors (Lipinski definition) is 0. The lowest BCUT2D eigenvalue weighted by molar-refractivity contribution is 0.432. The Balaban J connectivity index is 1.58. The third kappa shape index (κ3) is 2.29. The van der Waals surface area contributed by atoms with E-state index in [1.807, 2.05) is 48.0 Å². The van der Waals surface area contributed by atoms with Crippen LogP contribution in [0.5, 0.6) is 0 Å². The van der Waals surface area contributed by atoms with Crippen molar-refractivity contribution in [3.8, 4) is 22.8 Å². The molecular formula is C20H14N4O. The number of hydrogen-bond acceptors (Lipinski definition) is 4. The van der Waals surface area contributed by atoms with Crippen LogP contribution in [0.25, 0.3) is 44.6 Å². The molecule has 2 heterocycles. The first-order valence-electron chi connectivity index (χ1n) is 8.02. The monoisotopic (exact) mass is 326 g/mol. The Labute approximate surface area is 143 Å². The van der Waals surface area contributed by atoms with Gasteiger partial charge in [-0.1, -0.05) is 35.5 Å². The number of aryl methyl sites for hydroxylation is 1. The van der Waals surface area contributed by atoms with Crippen molar-refractivity contribution in [2.45, 2.75) is 0 Å². The highest BCUT2D eigenvalue weighted by Gasteiger charge is 2.12. The molecule has 0 fully saturated rings. The summed E-state index contributed by atoms with van der Waals surface area (Å²) in [7, 11) is 1.97. The maximum Gasteiger partial charge on any atom is 0.258 e. The van der Waals surface area contributed by atoms with Gasteiger partial charge in [0, 0.05) is 18.2 Å². The summed E-state index contributed by atoms with van der Waals surface area (Å²) in [6.07, 6.45) is 1.80. The van der Waals surface area contributed by atoms with Crippen LogP contribution >= 0.6 is 0 Å². The van der Waals surface area contributed by atoms with Gasteiger partial charge in [-0.3, -0.25) is 0 Å². The molecule has 25 heavy (non-hydrogen) atoms. The summed E-state index contributed by atoms with van der Waals surface area (Å²) >= 11 is 0. The van der Waals surface area contributed by atoms with Crippen LogP contribution in [0.15, 0.2) is 71.5 Å². The smallest absolute Gasteiger partial charge is 0.258 e. The van der Waals surface area contributed by atoms with Crippen molar-refractivity contribution in [1.29, 1.82) is 0 Å². The van der Waals surface area contributed by atoms with Gasteiger partial charge in [0.2, 0.25) is 5.82 Å². The van der Waals surface area contributed by atoms with E-state index in [-0.39, 0.29) is 0 Å². The van der Waals surface area contributed by atoms with Crippen LogP contribution in [0.2, 0.25) is 0 Å². The second kappa shape index (κ2) is 5.27. The second-order valence-corrected chi connectivity index (χ2v) is 6.04. The van der Waals surface area contributed by atoms with E-state index in [1.54, 1.807) is 6.33 Å². The van der Waals surface area contributed by atoms with Gasteiger partial charge < -0.3 is 9.09 Å². The SMILES string of the molecule is Cn1cnc2ccc(-c3noc(-c4ccc5ccccc5c4)n3)cc21. The summed E-state index contributed by atoms with van der Waals surface area (Å²) in [5.41, 5.74) is 3.81. The van der Waals surface area contributed by atoms with Gasteiger partial charge in [0.25, 0.3) is 5.89 Å². The van der Waals surface area contributed by atoms with Crippen molar-refractivity contribution in [2.24, 2.45) is 7.05 Å². The number of benzene rings is 3. The Morgan fingerprint density at radius 2 is 1.72 bits per heavy atom. The zero-order valence-electron chi connectivity index (χ0n) is 13.5. The summed E-state index contributed by atoms with van der Waals surface area (Å²) in [4.78, 5) is 8.90. The third-order valence-electron chi connectivity index (χ3n) is 4.41. The highest BCUT2D eigenvalue weighted by atomic mass is 16.5. The van der Waals surface area contributed by atoms with Gasteiger partial charge in [-0.2, -0.15) is 4.98 Å². The van der Waals surface area contributed by atoms with E-state index in [2.05, 4.69) is 39.4 Å². The summed E-state index contributed by atoms with van der Waals surface area (Å²) in [6, 6.07) is 20.3. The van der Waals surface area contributed by atoms with Gasteiger partial charge in [0.1, 0.15) is 0 Å². The fourth-order valence-electron chi connectivity index (χ4n) is 3.05. The first kappa shape index (κ1) is 13.9. The summed E-state index contributed by atoms with van der Waals surface area (Å²) < 4.78 is 7.47. The zero-order chi connectivity index (χ0) is 16.8. The Morgan fingerprint density at radius 3 is 2.64 bits per heavy atom. The zero-order valence-corrected chi connectivity index (χ0v) is 13.5. The van der Waals surface area contributed by atoms with Gasteiger partial charge in [0.15, 0.2) is 0 Å². The molecule has 5 rings (SSSR count). The molecule has 2 aromatic heterocycles. The third-order valence-corrected chi connectivity index (χ3v) is 4.41. The van der Waals surface area contributed by atoms with Crippen molar-refractivity contribution in [2.75, 3.05) is 0 Å². The summed E-state index contributed by atoms with van der Waals surface area (Å²) in [6.45, 7) is 0. The number of aromatic nitrogens is 4. The van der Waals surface area contributed by atoms with Crippen LogP contribution in [0.3, 0.4) is 0 Å². The molecular weight excluding hydrogens is 312 g/mol. The normalized spacial score (nSPS) is 11.4. The van der Waals surface area contributed by atoms with E-state index < -0.39 is 0 Å². The first-order valence-corrected chi connectivity index (χ1v) is 8.02. The van der Waals surface area contributed by atoms with Crippen molar-refractivity contribution in [1.82, 2.24) is 19.7 Å². The molecule has 3 aromatic carbocycles. The average molecular weight is 326 g/mol. The summed E-state index contributed by atoms with van der Waals surface area (Å²) in [5.74, 6) is 1.09. The highest BCUT2D eigenvalue weighted by Crippen LogP contribution is 2.27. The van der Waals surface area contributed by atoms with Crippen LogP contribution in [0.1, 0.15) is 0 Å². The summed E-state index contributed by atoms with van der Waals surface area (Å²) in [5, 5.41) is 6.48. The predicted octanol–water partition coefficient (Wildman–Crippen LogP) is 4.44. The molecule has 0 saturated carbocycles. The molecule has 5 aromatic rings. The average Bonchev–Trinajstić information content (AvgIpc) is 3.29. The quantitative estimate of drug-likeness (QED) is 0.481. The minimum Gasteiger partial charge on any atom is -0.334 e. The molecule has 0 aliphatic rings. The fourth-order valence-corrected chi connectivity index (χ4v) is 3.05. The van der Waals surface area contributed by atoms with E-state index in [0.717, 1.165) is 27.5 Å². The minimum atomic E-state index is 0.519. The standard InChI is InChI=1S/C20H14N4O/c1-24-12-21-17-9-8-15(11-18(17)24)19-22-20(25-23-19)16-7-6-13-4-2-3-5-14(13)10-16/h2-12H,1H3. The highest BCUT2D eigenvalue weighted by molar-refractivity contribution is 5.86. The second-order valence-electron chi connectivity index (χ2n) is 6.04. The molecule has 0 atom stereocenters. The van der Waals surface area contributed by atoms with E-state index in [1.165, 1.54) is 5.39 Å². The van der Waals surface area contributed by atoms with E-state index in [9.17, 15) is 0 Å². The van der Waals surface area contributed by atoms with Crippen LogP contribution in [0.4, 0.5) is 0 Å². The molecule has 0 unspecified atom stereocenters. The molecule has 0 saturated heterocycles. The van der Waals surface area contributed by atoms with Crippen LogP contribution < -0.4 is 0 Å². The first-order chi connectivity index (χ1) is 12.3. The Hall–Kier alpha value is -3.47. The number of rotatable bonds is 2. The molecule has 0 aliphatic carbocycles. The largest absolute Gasteiger partial charge is 0.334 e. The minimum absolute atomic E-state index is 0.519. The van der Waals surface area contributed by atoms with Gasteiger partial charge in [-0.15, -0.1) is 0 Å². The topological polar surface area (TPSA) is 56.7 Å². The molecule has 0 bridgehead atoms. The number of imidazole rings is 1. The Kier molecular flexibility index (Phi) is 2.94. The van der Waals surface area contributed by atoms with Gasteiger partial charge in [0.05, 0.1) is 17.4 Å². The Morgan fingerprint density at radius 1 is 0.880 bits per heavy atom. The number of nitrogens with zero attached hydrogens (tertiary/aromatic N) is 4. The van der Waals surface area contributed by atoms with Crippen molar-refractivity contribution in [3.05, 3.63) is 67.0 Å². The predicted molar refractivity (Wildman–Crippen MR) is 96.9 cm³/mol. The lowest BCUT2D eigenvalue weighted by Crippen LogP contribution is -1.86. The molecule has 5 heteroatoms.